The van der Waals surface area contributed by atoms with Gasteiger partial charge in [0.05, 0.1) is 11.9 Å². The van der Waals surface area contributed by atoms with Crippen molar-refractivity contribution >= 4 is 27.5 Å². The van der Waals surface area contributed by atoms with Crippen molar-refractivity contribution in [2.45, 2.75) is 6.92 Å². The average molecular weight is 226 g/mol. The van der Waals surface area contributed by atoms with Gasteiger partial charge < -0.3 is 0 Å². The first kappa shape index (κ1) is 11.4. The minimum Gasteiger partial charge on any atom is -0.284 e. The van der Waals surface area contributed by atoms with Gasteiger partial charge in [0.1, 0.15) is 0 Å². The van der Waals surface area contributed by atoms with Gasteiger partial charge in [0.25, 0.3) is 0 Å². The van der Waals surface area contributed by atoms with Gasteiger partial charge in [-0.3, -0.25) is 4.72 Å². The van der Waals surface area contributed by atoms with E-state index in [1.54, 1.807) is 19.1 Å². The smallest absolute Gasteiger partial charge is 0.240 e. The lowest BCUT2D eigenvalue weighted by atomic mass is 10.2. The molecule has 0 radical (unpaired) electrons. The summed E-state index contributed by atoms with van der Waals surface area (Å²) in [5, 5.41) is 0. The second kappa shape index (κ2) is 4.25. The SMILES string of the molecule is Cc1cc(NS(C)(=O)=O)ccc1N=C=O. The molecule has 0 fully saturated rings. The topological polar surface area (TPSA) is 75.6 Å². The molecule has 1 rings (SSSR count). The molecule has 0 heterocycles. The first-order valence-electron chi connectivity index (χ1n) is 4.09. The molecule has 0 spiro atoms. The summed E-state index contributed by atoms with van der Waals surface area (Å²) in [5.74, 6) is 0. The molecule has 1 aromatic carbocycles. The van der Waals surface area contributed by atoms with Crippen LogP contribution >= 0.6 is 0 Å². The molecule has 0 saturated heterocycles. The van der Waals surface area contributed by atoms with Crippen LogP contribution in [0.4, 0.5) is 11.4 Å². The summed E-state index contributed by atoms with van der Waals surface area (Å²) in [6.07, 6.45) is 2.50. The second-order valence-electron chi connectivity index (χ2n) is 3.08. The molecule has 1 N–H and O–H groups in total. The van der Waals surface area contributed by atoms with Crippen LogP contribution in [-0.4, -0.2) is 20.8 Å². The molecular weight excluding hydrogens is 216 g/mol. The third-order valence-corrected chi connectivity index (χ3v) is 2.27. The van der Waals surface area contributed by atoms with Crippen molar-refractivity contribution in [2.24, 2.45) is 4.99 Å². The molecule has 0 aliphatic rings. The molecular formula is C9H10N2O3S. The minimum absolute atomic E-state index is 0.444. The molecule has 0 atom stereocenters. The maximum absolute atomic E-state index is 10.9. The first-order valence-corrected chi connectivity index (χ1v) is 5.98. The first-order chi connectivity index (χ1) is 6.92. The summed E-state index contributed by atoms with van der Waals surface area (Å²) < 4.78 is 24.2. The quantitative estimate of drug-likeness (QED) is 0.624. The number of aryl methyl sites for hydroxylation is 1. The van der Waals surface area contributed by atoms with Gasteiger partial charge in [0.2, 0.25) is 16.1 Å². The van der Waals surface area contributed by atoms with Crippen LogP contribution in [0.25, 0.3) is 0 Å². The number of rotatable bonds is 3. The molecule has 80 valence electrons. The molecule has 15 heavy (non-hydrogen) atoms. The zero-order valence-corrected chi connectivity index (χ0v) is 9.13. The van der Waals surface area contributed by atoms with Crippen molar-refractivity contribution in [1.82, 2.24) is 0 Å². The van der Waals surface area contributed by atoms with Crippen LogP contribution in [0.1, 0.15) is 5.56 Å². The molecule has 0 aliphatic carbocycles. The number of aliphatic imine (C=N–C) groups is 1. The van der Waals surface area contributed by atoms with Crippen LogP contribution in [0.3, 0.4) is 0 Å². The number of hydrogen-bond donors (Lipinski definition) is 1. The molecule has 1 aromatic rings. The fourth-order valence-corrected chi connectivity index (χ4v) is 1.66. The molecule has 6 heteroatoms. The predicted molar refractivity (Wildman–Crippen MR) is 57.4 cm³/mol. The van der Waals surface area contributed by atoms with E-state index in [9.17, 15) is 13.2 Å². The maximum Gasteiger partial charge on any atom is 0.240 e. The van der Waals surface area contributed by atoms with Gasteiger partial charge in [-0.1, -0.05) is 0 Å². The minimum atomic E-state index is -3.28. The highest BCUT2D eigenvalue weighted by atomic mass is 32.2. The van der Waals surface area contributed by atoms with Crippen molar-refractivity contribution in [3.05, 3.63) is 23.8 Å². The number of carbonyl (C=O) groups excluding carboxylic acids is 1. The van der Waals surface area contributed by atoms with Crippen LogP contribution in [0.5, 0.6) is 0 Å². The Kier molecular flexibility index (Phi) is 3.24. The summed E-state index contributed by atoms with van der Waals surface area (Å²) in [4.78, 5) is 13.5. The third kappa shape index (κ3) is 3.53. The molecule has 0 amide bonds. The van der Waals surface area contributed by atoms with Gasteiger partial charge in [-0.15, -0.1) is 0 Å². The summed E-state index contributed by atoms with van der Waals surface area (Å²) in [6.45, 7) is 1.73. The van der Waals surface area contributed by atoms with Crippen molar-refractivity contribution in [2.75, 3.05) is 11.0 Å². The Balaban J connectivity index is 3.07. The van der Waals surface area contributed by atoms with Gasteiger partial charge >= 0.3 is 0 Å². The fourth-order valence-electron chi connectivity index (χ4n) is 1.11. The summed E-state index contributed by atoms with van der Waals surface area (Å²) in [6, 6.07) is 4.68. The third-order valence-electron chi connectivity index (χ3n) is 1.67. The zero-order valence-electron chi connectivity index (χ0n) is 8.31. The number of sulfonamides is 1. The Morgan fingerprint density at radius 3 is 2.53 bits per heavy atom. The van der Waals surface area contributed by atoms with Crippen LogP contribution in [0, 0.1) is 6.92 Å². The highest BCUT2D eigenvalue weighted by Crippen LogP contribution is 2.22. The molecule has 0 unspecified atom stereocenters. The van der Waals surface area contributed by atoms with Crippen molar-refractivity contribution < 1.29 is 13.2 Å². The van der Waals surface area contributed by atoms with Crippen molar-refractivity contribution in [3.8, 4) is 0 Å². The van der Waals surface area contributed by atoms with Crippen LogP contribution in [0.15, 0.2) is 23.2 Å². The zero-order chi connectivity index (χ0) is 11.5. The maximum atomic E-state index is 10.9. The number of hydrogen-bond acceptors (Lipinski definition) is 4. The highest BCUT2D eigenvalue weighted by molar-refractivity contribution is 7.92. The average Bonchev–Trinajstić information content (AvgIpc) is 2.07. The molecule has 0 aliphatic heterocycles. The van der Waals surface area contributed by atoms with Gasteiger partial charge in [-0.2, -0.15) is 4.99 Å². The lowest BCUT2D eigenvalue weighted by molar-refractivity contribution is 0.565. The number of isocyanates is 1. The Bertz CT molecular complexity index is 516. The lowest BCUT2D eigenvalue weighted by Gasteiger charge is -2.05. The normalized spacial score (nSPS) is 10.5. The van der Waals surface area contributed by atoms with Gasteiger partial charge in [-0.05, 0) is 30.7 Å². The van der Waals surface area contributed by atoms with E-state index in [-0.39, 0.29) is 0 Å². The highest BCUT2D eigenvalue weighted by Gasteiger charge is 2.03. The van der Waals surface area contributed by atoms with E-state index >= 15 is 0 Å². The van der Waals surface area contributed by atoms with E-state index < -0.39 is 10.0 Å². The van der Waals surface area contributed by atoms with Crippen LogP contribution in [-0.2, 0) is 14.8 Å². The van der Waals surface area contributed by atoms with E-state index in [0.717, 1.165) is 6.26 Å². The summed E-state index contributed by atoms with van der Waals surface area (Å²) in [7, 11) is -3.28. The number of nitrogens with zero attached hydrogens (tertiary/aromatic N) is 1. The van der Waals surface area contributed by atoms with E-state index in [1.807, 2.05) is 0 Å². The Morgan fingerprint density at radius 2 is 2.07 bits per heavy atom. The largest absolute Gasteiger partial charge is 0.284 e. The van der Waals surface area contributed by atoms with E-state index in [1.165, 1.54) is 12.1 Å². The Hall–Kier alpha value is -1.65. The predicted octanol–water partition coefficient (Wildman–Crippen LogP) is 1.33. The standard InChI is InChI=1S/C9H10N2O3S/c1-7-5-8(11-15(2,13)14)3-4-9(7)10-6-12/h3-5,11H,1-2H3. The molecule has 0 bridgehead atoms. The molecule has 0 aromatic heterocycles. The lowest BCUT2D eigenvalue weighted by Crippen LogP contribution is -2.09. The Morgan fingerprint density at radius 1 is 1.40 bits per heavy atom. The van der Waals surface area contributed by atoms with E-state index in [2.05, 4.69) is 9.71 Å². The summed E-state index contributed by atoms with van der Waals surface area (Å²) >= 11 is 0. The number of benzene rings is 1. The van der Waals surface area contributed by atoms with E-state index in [4.69, 9.17) is 0 Å². The van der Waals surface area contributed by atoms with Gasteiger partial charge in [-0.25, -0.2) is 13.2 Å². The number of nitrogens with one attached hydrogen (secondary N) is 1. The number of anilines is 1. The Labute approximate surface area is 87.9 Å². The van der Waals surface area contributed by atoms with Gasteiger partial charge in [0, 0.05) is 5.69 Å². The van der Waals surface area contributed by atoms with Crippen LogP contribution in [0.2, 0.25) is 0 Å². The van der Waals surface area contributed by atoms with Crippen LogP contribution < -0.4 is 4.72 Å². The monoisotopic (exact) mass is 226 g/mol. The van der Waals surface area contributed by atoms with E-state index in [0.29, 0.717) is 16.9 Å². The molecule has 0 saturated carbocycles. The van der Waals surface area contributed by atoms with Crippen molar-refractivity contribution in [1.29, 1.82) is 0 Å². The fraction of sp³-hybridized carbons (Fsp3) is 0.222. The van der Waals surface area contributed by atoms with Gasteiger partial charge in [0.15, 0.2) is 0 Å². The summed E-state index contributed by atoms with van der Waals surface area (Å²) in [5.41, 5.74) is 1.62. The second-order valence-corrected chi connectivity index (χ2v) is 4.83. The van der Waals surface area contributed by atoms with Crippen molar-refractivity contribution in [3.63, 3.8) is 0 Å². The molecule has 5 nitrogen and oxygen atoms in total.